The SMILES string of the molecule is Cl.O=S(=O)(NCC1(O)CCCNCC1)c1ccc2c(c1)OCCO2. The predicted molar refractivity (Wildman–Crippen MR) is 91.5 cm³/mol. The molecule has 3 rings (SSSR count). The van der Waals surface area contributed by atoms with Crippen LogP contribution < -0.4 is 19.5 Å². The minimum atomic E-state index is -3.71. The molecule has 3 N–H and O–H groups in total. The summed E-state index contributed by atoms with van der Waals surface area (Å²) < 4.78 is 38.2. The van der Waals surface area contributed by atoms with Crippen LogP contribution in [0.4, 0.5) is 0 Å². The molecule has 0 saturated carbocycles. The lowest BCUT2D eigenvalue weighted by Crippen LogP contribution is -2.43. The van der Waals surface area contributed by atoms with Crippen LogP contribution in [0.2, 0.25) is 0 Å². The molecule has 136 valence electrons. The van der Waals surface area contributed by atoms with Crippen LogP contribution in [0.5, 0.6) is 11.5 Å². The molecular formula is C15H23ClN2O5S. The van der Waals surface area contributed by atoms with E-state index in [-0.39, 0.29) is 23.8 Å². The lowest BCUT2D eigenvalue weighted by atomic mass is 9.95. The first-order chi connectivity index (χ1) is 11.0. The molecule has 2 aliphatic rings. The van der Waals surface area contributed by atoms with Crippen molar-refractivity contribution in [1.29, 1.82) is 0 Å². The highest BCUT2D eigenvalue weighted by Gasteiger charge is 2.30. The Balaban J connectivity index is 0.00000208. The molecule has 1 saturated heterocycles. The second kappa shape index (κ2) is 7.88. The van der Waals surface area contributed by atoms with Crippen LogP contribution >= 0.6 is 12.4 Å². The Morgan fingerprint density at radius 2 is 1.92 bits per heavy atom. The van der Waals surface area contributed by atoms with Gasteiger partial charge in [-0.1, -0.05) is 0 Å². The lowest BCUT2D eigenvalue weighted by molar-refractivity contribution is 0.0335. The summed E-state index contributed by atoms with van der Waals surface area (Å²) in [6.45, 7) is 2.39. The van der Waals surface area contributed by atoms with E-state index in [4.69, 9.17) is 9.47 Å². The fraction of sp³-hybridized carbons (Fsp3) is 0.600. The number of sulfonamides is 1. The van der Waals surface area contributed by atoms with Crippen molar-refractivity contribution in [2.24, 2.45) is 0 Å². The van der Waals surface area contributed by atoms with Gasteiger partial charge in [0.2, 0.25) is 10.0 Å². The maximum atomic E-state index is 12.5. The van der Waals surface area contributed by atoms with Crippen LogP contribution in [0.1, 0.15) is 19.3 Å². The van der Waals surface area contributed by atoms with Gasteiger partial charge in [0.15, 0.2) is 11.5 Å². The molecule has 2 aliphatic heterocycles. The van der Waals surface area contributed by atoms with Gasteiger partial charge in [-0.15, -0.1) is 12.4 Å². The monoisotopic (exact) mass is 378 g/mol. The van der Waals surface area contributed by atoms with Crippen molar-refractivity contribution in [3.63, 3.8) is 0 Å². The van der Waals surface area contributed by atoms with Crippen LogP contribution in [-0.4, -0.2) is 52.0 Å². The minimum Gasteiger partial charge on any atom is -0.486 e. The van der Waals surface area contributed by atoms with Gasteiger partial charge in [-0.3, -0.25) is 0 Å². The van der Waals surface area contributed by atoms with Gasteiger partial charge >= 0.3 is 0 Å². The van der Waals surface area contributed by atoms with E-state index in [2.05, 4.69) is 10.0 Å². The average molecular weight is 379 g/mol. The van der Waals surface area contributed by atoms with Gasteiger partial charge in [-0.2, -0.15) is 0 Å². The summed E-state index contributed by atoms with van der Waals surface area (Å²) in [6, 6.07) is 4.53. The van der Waals surface area contributed by atoms with Crippen LogP contribution in [0.3, 0.4) is 0 Å². The topological polar surface area (TPSA) is 96.9 Å². The molecule has 2 heterocycles. The fourth-order valence-corrected chi connectivity index (χ4v) is 3.93. The highest BCUT2D eigenvalue weighted by molar-refractivity contribution is 7.89. The largest absolute Gasteiger partial charge is 0.486 e. The Morgan fingerprint density at radius 1 is 1.17 bits per heavy atom. The maximum Gasteiger partial charge on any atom is 0.240 e. The molecule has 0 radical (unpaired) electrons. The Labute approximate surface area is 148 Å². The van der Waals surface area contributed by atoms with E-state index >= 15 is 0 Å². The lowest BCUT2D eigenvalue weighted by Gasteiger charge is -2.26. The molecule has 0 amide bonds. The first-order valence-corrected chi connectivity index (χ1v) is 9.29. The van der Waals surface area contributed by atoms with Gasteiger partial charge < -0.3 is 19.9 Å². The third kappa shape index (κ3) is 4.52. The number of hydrogen-bond donors (Lipinski definition) is 3. The van der Waals surface area contributed by atoms with Crippen molar-refractivity contribution in [3.8, 4) is 11.5 Å². The van der Waals surface area contributed by atoms with Gasteiger partial charge in [-0.05, 0) is 44.5 Å². The summed E-state index contributed by atoms with van der Waals surface area (Å²) in [4.78, 5) is 0.108. The standard InChI is InChI=1S/C15H22N2O5S.ClH/c18-15(4-1-6-16-7-5-15)11-17-23(19,20)12-2-3-13-14(10-12)22-9-8-21-13;/h2-3,10,16-18H,1,4-9,11H2;1H. The number of fused-ring (bicyclic) bond motifs is 1. The third-order valence-corrected chi connectivity index (χ3v) is 5.58. The first-order valence-electron chi connectivity index (χ1n) is 7.81. The summed E-state index contributed by atoms with van der Waals surface area (Å²) in [7, 11) is -3.71. The van der Waals surface area contributed by atoms with Crippen LogP contribution in [0, 0.1) is 0 Å². The van der Waals surface area contributed by atoms with Gasteiger partial charge in [-0.25, -0.2) is 13.1 Å². The Bertz CT molecular complexity index is 660. The van der Waals surface area contributed by atoms with Gasteiger partial charge in [0.05, 0.1) is 10.5 Å². The van der Waals surface area contributed by atoms with Crippen LogP contribution in [0.15, 0.2) is 23.1 Å². The number of benzene rings is 1. The number of nitrogens with one attached hydrogen (secondary N) is 2. The van der Waals surface area contributed by atoms with E-state index in [0.717, 1.165) is 13.0 Å². The molecule has 1 unspecified atom stereocenters. The first kappa shape index (κ1) is 19.3. The normalized spacial score (nSPS) is 23.9. The van der Waals surface area contributed by atoms with E-state index in [9.17, 15) is 13.5 Å². The highest BCUT2D eigenvalue weighted by atomic mass is 35.5. The molecule has 0 spiro atoms. The fourth-order valence-electron chi connectivity index (χ4n) is 2.79. The second-order valence-electron chi connectivity index (χ2n) is 5.96. The zero-order chi connectivity index (χ0) is 16.3. The average Bonchev–Trinajstić information content (AvgIpc) is 2.78. The highest BCUT2D eigenvalue weighted by Crippen LogP contribution is 2.32. The Morgan fingerprint density at radius 3 is 2.71 bits per heavy atom. The summed E-state index contributed by atoms with van der Waals surface area (Å²) in [5.41, 5.74) is -1.01. The molecule has 1 aromatic carbocycles. The molecule has 0 aromatic heterocycles. The number of halogens is 1. The third-order valence-electron chi connectivity index (χ3n) is 4.18. The zero-order valence-corrected chi connectivity index (χ0v) is 14.9. The van der Waals surface area contributed by atoms with E-state index in [1.807, 2.05) is 0 Å². The molecule has 1 aromatic rings. The van der Waals surface area contributed by atoms with Crippen molar-refractivity contribution in [1.82, 2.24) is 10.0 Å². The van der Waals surface area contributed by atoms with Crippen molar-refractivity contribution < 1.29 is 23.0 Å². The maximum absolute atomic E-state index is 12.5. The smallest absolute Gasteiger partial charge is 0.240 e. The van der Waals surface area contributed by atoms with Gasteiger partial charge in [0.25, 0.3) is 0 Å². The number of rotatable bonds is 4. The molecule has 0 bridgehead atoms. The Hall–Kier alpha value is -1.06. The van der Waals surface area contributed by atoms with Crippen LogP contribution in [-0.2, 0) is 10.0 Å². The molecular weight excluding hydrogens is 356 g/mol. The summed E-state index contributed by atoms with van der Waals surface area (Å²) >= 11 is 0. The zero-order valence-electron chi connectivity index (χ0n) is 13.3. The Kier molecular flexibility index (Phi) is 6.33. The molecule has 0 aliphatic carbocycles. The molecule has 1 atom stereocenters. The van der Waals surface area contributed by atoms with Crippen LogP contribution in [0.25, 0.3) is 0 Å². The number of ether oxygens (including phenoxy) is 2. The van der Waals surface area contributed by atoms with E-state index in [1.165, 1.54) is 12.1 Å². The quantitative estimate of drug-likeness (QED) is 0.712. The summed E-state index contributed by atoms with van der Waals surface area (Å²) in [6.07, 6.45) is 1.92. The number of hydrogen-bond acceptors (Lipinski definition) is 6. The minimum absolute atomic E-state index is 0. The van der Waals surface area contributed by atoms with Crippen molar-refractivity contribution in [3.05, 3.63) is 18.2 Å². The summed E-state index contributed by atoms with van der Waals surface area (Å²) in [5, 5.41) is 13.7. The van der Waals surface area contributed by atoms with Gasteiger partial charge in [0.1, 0.15) is 13.2 Å². The van der Waals surface area contributed by atoms with Gasteiger partial charge in [0, 0.05) is 12.6 Å². The summed E-state index contributed by atoms with van der Waals surface area (Å²) in [5.74, 6) is 0.972. The second-order valence-corrected chi connectivity index (χ2v) is 7.72. The van der Waals surface area contributed by atoms with Crippen molar-refractivity contribution >= 4 is 22.4 Å². The molecule has 1 fully saturated rings. The molecule has 24 heavy (non-hydrogen) atoms. The van der Waals surface area contributed by atoms with E-state index in [1.54, 1.807) is 6.07 Å². The molecule has 7 nitrogen and oxygen atoms in total. The van der Waals surface area contributed by atoms with Crippen molar-refractivity contribution in [2.45, 2.75) is 29.8 Å². The molecule has 9 heteroatoms. The predicted octanol–water partition coefficient (Wildman–Crippen LogP) is 0.662. The van der Waals surface area contributed by atoms with Crippen molar-refractivity contribution in [2.75, 3.05) is 32.8 Å². The van der Waals surface area contributed by atoms with E-state index < -0.39 is 15.6 Å². The van der Waals surface area contributed by atoms with E-state index in [0.29, 0.717) is 44.1 Å². The number of aliphatic hydroxyl groups is 1.